The van der Waals surface area contributed by atoms with E-state index < -0.39 is 11.6 Å². The summed E-state index contributed by atoms with van der Waals surface area (Å²) in [4.78, 5) is 16.0. The number of ether oxygens (including phenoxy) is 1. The first-order valence-electron chi connectivity index (χ1n) is 6.35. The molecular formula is C13H23NO4. The molecule has 18 heavy (non-hydrogen) atoms. The average Bonchev–Trinajstić information content (AvgIpc) is 2.36. The van der Waals surface area contributed by atoms with Crippen molar-refractivity contribution in [1.82, 2.24) is 0 Å². The Bertz CT molecular complexity index is 317. The van der Waals surface area contributed by atoms with Crippen LogP contribution in [0.15, 0.2) is 5.16 Å². The van der Waals surface area contributed by atoms with Gasteiger partial charge in [-0.05, 0) is 46.5 Å². The second-order valence-electron chi connectivity index (χ2n) is 5.35. The third-order valence-corrected chi connectivity index (χ3v) is 3.53. The minimum absolute atomic E-state index is 0.352. The highest BCUT2D eigenvalue weighted by Gasteiger charge is 2.30. The molecule has 0 unspecified atom stereocenters. The topological polar surface area (TPSA) is 68.1 Å². The lowest BCUT2D eigenvalue weighted by Crippen LogP contribution is -2.33. The number of hydrogen-bond acceptors (Lipinski definition) is 4. The molecule has 0 spiro atoms. The van der Waals surface area contributed by atoms with Gasteiger partial charge in [0.1, 0.15) is 0 Å². The predicted octanol–water partition coefficient (Wildman–Crippen LogP) is 2.45. The highest BCUT2D eigenvalue weighted by molar-refractivity contribution is 5.84. The van der Waals surface area contributed by atoms with E-state index in [4.69, 9.17) is 14.7 Å². The Balaban J connectivity index is 2.50. The van der Waals surface area contributed by atoms with Crippen LogP contribution < -0.4 is 0 Å². The Morgan fingerprint density at radius 3 is 2.28 bits per heavy atom. The van der Waals surface area contributed by atoms with Crippen LogP contribution >= 0.6 is 0 Å². The lowest BCUT2D eigenvalue weighted by molar-refractivity contribution is -0.161. The number of methoxy groups -OCH3 is 1. The van der Waals surface area contributed by atoms with Gasteiger partial charge in [-0.3, -0.25) is 0 Å². The zero-order chi connectivity index (χ0) is 13.8. The molecule has 0 aliphatic heterocycles. The van der Waals surface area contributed by atoms with Gasteiger partial charge in [-0.2, -0.15) is 0 Å². The maximum Gasteiger partial charge on any atom is 0.350 e. The number of hydrogen-bond donors (Lipinski definition) is 1. The fourth-order valence-electron chi connectivity index (χ4n) is 2.02. The Kier molecular flexibility index (Phi) is 5.14. The van der Waals surface area contributed by atoms with Crippen LogP contribution in [0.4, 0.5) is 0 Å². The SMILES string of the molecule is COC1CCC(/C(C)=N/OC(C)(C)C(=O)O)CC1. The van der Waals surface area contributed by atoms with E-state index in [0.29, 0.717) is 12.0 Å². The molecule has 5 nitrogen and oxygen atoms in total. The van der Waals surface area contributed by atoms with Gasteiger partial charge in [0.25, 0.3) is 0 Å². The van der Waals surface area contributed by atoms with Crippen LogP contribution in [-0.4, -0.2) is 35.6 Å². The Morgan fingerprint density at radius 1 is 1.28 bits per heavy atom. The van der Waals surface area contributed by atoms with E-state index in [1.165, 1.54) is 13.8 Å². The first-order valence-corrected chi connectivity index (χ1v) is 6.35. The van der Waals surface area contributed by atoms with Crippen molar-refractivity contribution in [2.75, 3.05) is 7.11 Å². The molecule has 1 rings (SSSR count). The summed E-state index contributed by atoms with van der Waals surface area (Å²) in [6, 6.07) is 0. The van der Waals surface area contributed by atoms with Gasteiger partial charge in [-0.15, -0.1) is 0 Å². The number of carboxylic acids is 1. The number of nitrogens with zero attached hydrogens (tertiary/aromatic N) is 1. The van der Waals surface area contributed by atoms with Crippen molar-refractivity contribution in [1.29, 1.82) is 0 Å². The van der Waals surface area contributed by atoms with Crippen LogP contribution in [0.3, 0.4) is 0 Å². The molecule has 1 fully saturated rings. The van der Waals surface area contributed by atoms with E-state index in [1.807, 2.05) is 6.92 Å². The minimum atomic E-state index is -1.27. The van der Waals surface area contributed by atoms with E-state index in [9.17, 15) is 4.79 Å². The molecule has 0 aromatic rings. The maximum absolute atomic E-state index is 10.9. The van der Waals surface area contributed by atoms with E-state index >= 15 is 0 Å². The van der Waals surface area contributed by atoms with E-state index in [1.54, 1.807) is 7.11 Å². The zero-order valence-electron chi connectivity index (χ0n) is 11.6. The lowest BCUT2D eigenvalue weighted by Gasteiger charge is -2.27. The second-order valence-corrected chi connectivity index (χ2v) is 5.35. The molecule has 104 valence electrons. The second kappa shape index (κ2) is 6.18. The van der Waals surface area contributed by atoms with E-state index in [0.717, 1.165) is 31.4 Å². The van der Waals surface area contributed by atoms with Crippen molar-refractivity contribution in [3.8, 4) is 0 Å². The first-order chi connectivity index (χ1) is 8.36. The minimum Gasteiger partial charge on any atom is -0.478 e. The van der Waals surface area contributed by atoms with Gasteiger partial charge in [0.05, 0.1) is 11.8 Å². The van der Waals surface area contributed by atoms with Crippen molar-refractivity contribution < 1.29 is 19.5 Å². The molecule has 0 heterocycles. The molecule has 0 amide bonds. The molecule has 0 saturated heterocycles. The van der Waals surface area contributed by atoms with Crippen molar-refractivity contribution in [2.45, 2.75) is 58.2 Å². The molecule has 0 atom stereocenters. The molecule has 0 bridgehead atoms. The van der Waals surface area contributed by atoms with Crippen LogP contribution in [0, 0.1) is 5.92 Å². The van der Waals surface area contributed by atoms with Crippen molar-refractivity contribution in [3.63, 3.8) is 0 Å². The third kappa shape index (κ3) is 3.98. The van der Waals surface area contributed by atoms with Gasteiger partial charge in [-0.25, -0.2) is 4.79 Å². The predicted molar refractivity (Wildman–Crippen MR) is 68.7 cm³/mol. The fraction of sp³-hybridized carbons (Fsp3) is 0.846. The molecular weight excluding hydrogens is 234 g/mol. The highest BCUT2D eigenvalue weighted by atomic mass is 16.7. The summed E-state index contributed by atoms with van der Waals surface area (Å²) >= 11 is 0. The fourth-order valence-corrected chi connectivity index (χ4v) is 2.02. The summed E-state index contributed by atoms with van der Waals surface area (Å²) in [6.45, 7) is 4.89. The Hall–Kier alpha value is -1.10. The average molecular weight is 257 g/mol. The van der Waals surface area contributed by atoms with Crippen molar-refractivity contribution >= 4 is 11.7 Å². The number of oxime groups is 1. The van der Waals surface area contributed by atoms with E-state index in [2.05, 4.69) is 5.16 Å². The maximum atomic E-state index is 10.9. The van der Waals surface area contributed by atoms with Crippen molar-refractivity contribution in [2.24, 2.45) is 11.1 Å². The summed E-state index contributed by atoms with van der Waals surface area (Å²) in [5.74, 6) is -0.636. The summed E-state index contributed by atoms with van der Waals surface area (Å²) in [6.07, 6.45) is 4.44. The van der Waals surface area contributed by atoms with Crippen LogP contribution in [-0.2, 0) is 14.4 Å². The molecule has 1 N–H and O–H groups in total. The molecule has 1 saturated carbocycles. The van der Waals surface area contributed by atoms with Gasteiger partial charge in [-0.1, -0.05) is 5.16 Å². The Labute approximate surface area is 108 Å². The molecule has 1 aliphatic carbocycles. The zero-order valence-corrected chi connectivity index (χ0v) is 11.6. The summed E-state index contributed by atoms with van der Waals surface area (Å²) in [5, 5.41) is 12.9. The van der Waals surface area contributed by atoms with Crippen molar-refractivity contribution in [3.05, 3.63) is 0 Å². The summed E-state index contributed by atoms with van der Waals surface area (Å²) < 4.78 is 5.32. The van der Waals surface area contributed by atoms with E-state index in [-0.39, 0.29) is 0 Å². The molecule has 0 radical (unpaired) electrons. The summed E-state index contributed by atoms with van der Waals surface area (Å²) in [7, 11) is 1.74. The van der Waals surface area contributed by atoms with Crippen LogP contribution in [0.2, 0.25) is 0 Å². The lowest BCUT2D eigenvalue weighted by atomic mass is 9.85. The normalized spacial score (nSPS) is 25.9. The van der Waals surface area contributed by atoms with Gasteiger partial charge in [0, 0.05) is 13.0 Å². The largest absolute Gasteiger partial charge is 0.478 e. The molecule has 0 aromatic heterocycles. The smallest absolute Gasteiger partial charge is 0.350 e. The first kappa shape index (κ1) is 15.0. The number of carbonyl (C=O) groups is 1. The number of rotatable bonds is 5. The number of carboxylic acid groups (broad SMARTS) is 1. The molecule has 5 heteroatoms. The highest BCUT2D eigenvalue weighted by Crippen LogP contribution is 2.27. The molecule has 0 aromatic carbocycles. The third-order valence-electron chi connectivity index (χ3n) is 3.53. The number of aliphatic carboxylic acids is 1. The van der Waals surface area contributed by atoms with Gasteiger partial charge in [0.2, 0.25) is 5.60 Å². The molecule has 1 aliphatic rings. The van der Waals surface area contributed by atoms with Gasteiger partial charge < -0.3 is 14.7 Å². The van der Waals surface area contributed by atoms with Gasteiger partial charge in [0.15, 0.2) is 0 Å². The van der Waals surface area contributed by atoms with Gasteiger partial charge >= 0.3 is 5.97 Å². The summed E-state index contributed by atoms with van der Waals surface area (Å²) in [5.41, 5.74) is -0.399. The van der Waals surface area contributed by atoms with Crippen LogP contribution in [0.25, 0.3) is 0 Å². The van der Waals surface area contributed by atoms with Crippen LogP contribution in [0.5, 0.6) is 0 Å². The quantitative estimate of drug-likeness (QED) is 0.606. The monoisotopic (exact) mass is 257 g/mol. The van der Waals surface area contributed by atoms with Crippen LogP contribution in [0.1, 0.15) is 46.5 Å². The standard InChI is InChI=1S/C13H23NO4/c1-9(14-18-13(2,3)12(15)16)10-5-7-11(17-4)8-6-10/h10-11H,5-8H2,1-4H3,(H,15,16)/b14-9+. The Morgan fingerprint density at radius 2 is 1.83 bits per heavy atom.